The summed E-state index contributed by atoms with van der Waals surface area (Å²) in [5, 5.41) is 11.5. The first-order chi connectivity index (χ1) is 19.7. The van der Waals surface area contributed by atoms with Gasteiger partial charge in [0.05, 0.1) is 14.2 Å². The summed E-state index contributed by atoms with van der Waals surface area (Å²) in [6, 6.07) is 4.14. The number of carbonyl (C=O) groups is 5. The van der Waals surface area contributed by atoms with Crippen molar-refractivity contribution in [3.8, 4) is 5.75 Å². The molecule has 0 aliphatic heterocycles. The topological polar surface area (TPSA) is 143 Å². The summed E-state index contributed by atoms with van der Waals surface area (Å²) in [6.45, 7) is 11.9. The normalized spacial score (nSPS) is 13.8. The molecule has 2 rings (SSSR count). The van der Waals surface area contributed by atoms with Crippen LogP contribution in [0, 0.1) is 5.41 Å². The number of amides is 3. The maximum Gasteiger partial charge on any atom is 0.243 e. The van der Waals surface area contributed by atoms with Crippen molar-refractivity contribution in [2.24, 2.45) is 5.41 Å². The number of nitrogens with one attached hydrogen (secondary N) is 4. The van der Waals surface area contributed by atoms with Gasteiger partial charge in [-0.25, -0.2) is 0 Å². The van der Waals surface area contributed by atoms with E-state index in [1.165, 1.54) is 12.8 Å². The van der Waals surface area contributed by atoms with Crippen molar-refractivity contribution in [3.63, 3.8) is 0 Å². The highest BCUT2D eigenvalue weighted by Crippen LogP contribution is 2.32. The molecule has 3 atom stereocenters. The van der Waals surface area contributed by atoms with E-state index in [-0.39, 0.29) is 52.7 Å². The van der Waals surface area contributed by atoms with E-state index in [0.717, 1.165) is 11.6 Å². The number of hydrogen-bond acceptors (Lipinski definition) is 7. The van der Waals surface area contributed by atoms with Crippen molar-refractivity contribution in [2.45, 2.75) is 90.8 Å². The fourth-order valence-electron chi connectivity index (χ4n) is 3.91. The number of hydrogen-bond donors (Lipinski definition) is 4. The SMILES string of the molecule is CCNC(=O)CCC(NC(=O)C(CC(C)(C)C)NC(=O)CCc1ccc(OP(C)C)cc1Cl)C(=O)C=O.CNC1CC1.P. The minimum Gasteiger partial charge on any atom is -0.475 e. The number of aryl methyl sites for hydroxylation is 1. The highest BCUT2D eigenvalue weighted by molar-refractivity contribution is 7.51. The van der Waals surface area contributed by atoms with Crippen LogP contribution >= 0.6 is 29.6 Å². The Balaban J connectivity index is 0.00000265. The minimum absolute atomic E-state index is 0. The van der Waals surface area contributed by atoms with Gasteiger partial charge in [-0.1, -0.05) is 38.4 Å². The Morgan fingerprint density at radius 2 is 1.72 bits per heavy atom. The number of benzene rings is 1. The third kappa shape index (κ3) is 18.3. The first kappa shape index (κ1) is 40.9. The zero-order chi connectivity index (χ0) is 31.9. The van der Waals surface area contributed by atoms with E-state index in [4.69, 9.17) is 16.1 Å². The zero-order valence-corrected chi connectivity index (χ0v) is 29.7. The molecule has 0 heterocycles. The van der Waals surface area contributed by atoms with Gasteiger partial charge >= 0.3 is 0 Å². The van der Waals surface area contributed by atoms with E-state index < -0.39 is 31.9 Å². The molecule has 13 heteroatoms. The van der Waals surface area contributed by atoms with Gasteiger partial charge in [-0.05, 0) is 82.5 Å². The van der Waals surface area contributed by atoms with Crippen molar-refractivity contribution in [2.75, 3.05) is 26.9 Å². The summed E-state index contributed by atoms with van der Waals surface area (Å²) in [5.74, 6) is -1.40. The van der Waals surface area contributed by atoms with Gasteiger partial charge in [-0.15, -0.1) is 0 Å². The van der Waals surface area contributed by atoms with Gasteiger partial charge in [-0.2, -0.15) is 9.90 Å². The lowest BCUT2D eigenvalue weighted by molar-refractivity contribution is -0.135. The minimum atomic E-state index is -1.15. The van der Waals surface area contributed by atoms with Crippen LogP contribution in [-0.2, 0) is 30.4 Å². The van der Waals surface area contributed by atoms with Crippen LogP contribution in [0.3, 0.4) is 0 Å². The lowest BCUT2D eigenvalue weighted by Crippen LogP contribution is -2.53. The molecule has 3 unspecified atom stereocenters. The van der Waals surface area contributed by atoms with Crippen molar-refractivity contribution in [3.05, 3.63) is 28.8 Å². The molecule has 0 spiro atoms. The third-order valence-electron chi connectivity index (χ3n) is 6.20. The average molecular weight is 661 g/mol. The predicted octanol–water partition coefficient (Wildman–Crippen LogP) is 3.82. The number of halogens is 1. The summed E-state index contributed by atoms with van der Waals surface area (Å²) in [6.07, 6.45) is 3.62. The first-order valence-electron chi connectivity index (χ1n) is 14.4. The predicted molar refractivity (Wildman–Crippen MR) is 179 cm³/mol. The molecule has 10 nitrogen and oxygen atoms in total. The second kappa shape index (κ2) is 20.8. The maximum absolute atomic E-state index is 13.1. The molecule has 1 saturated carbocycles. The molecule has 1 aliphatic rings. The van der Waals surface area contributed by atoms with Crippen LogP contribution in [0.25, 0.3) is 0 Å². The van der Waals surface area contributed by atoms with Gasteiger partial charge < -0.3 is 25.8 Å². The molecule has 0 saturated heterocycles. The molecule has 1 aliphatic carbocycles. The van der Waals surface area contributed by atoms with E-state index in [2.05, 4.69) is 21.3 Å². The molecular weight excluding hydrogens is 610 g/mol. The molecule has 1 aromatic rings. The van der Waals surface area contributed by atoms with Gasteiger partial charge in [0.2, 0.25) is 23.5 Å². The number of rotatable bonds is 16. The van der Waals surface area contributed by atoms with Crippen LogP contribution in [0.15, 0.2) is 18.2 Å². The summed E-state index contributed by atoms with van der Waals surface area (Å²) in [4.78, 5) is 60.9. The molecule has 0 radical (unpaired) electrons. The summed E-state index contributed by atoms with van der Waals surface area (Å²) in [7, 11) is 1.43. The molecular formula is C30H51ClN4O6P2. The van der Waals surface area contributed by atoms with Gasteiger partial charge in [0, 0.05) is 30.5 Å². The third-order valence-corrected chi connectivity index (χ3v) is 7.13. The zero-order valence-electron chi connectivity index (χ0n) is 26.7. The van der Waals surface area contributed by atoms with Crippen LogP contribution < -0.4 is 25.8 Å². The Bertz CT molecular complexity index is 1060. The van der Waals surface area contributed by atoms with E-state index in [1.807, 2.05) is 53.3 Å². The fraction of sp³-hybridized carbons (Fsp3) is 0.633. The van der Waals surface area contributed by atoms with Crippen molar-refractivity contribution < 1.29 is 28.5 Å². The number of aldehydes is 1. The highest BCUT2D eigenvalue weighted by atomic mass is 35.5. The molecule has 0 bridgehead atoms. The Labute approximate surface area is 266 Å². The molecule has 1 fully saturated rings. The molecule has 1 aromatic carbocycles. The Kier molecular flexibility index (Phi) is 19.7. The van der Waals surface area contributed by atoms with Crippen LogP contribution in [0.1, 0.15) is 71.8 Å². The van der Waals surface area contributed by atoms with Crippen molar-refractivity contribution in [1.29, 1.82) is 0 Å². The van der Waals surface area contributed by atoms with Crippen LogP contribution in [0.2, 0.25) is 5.02 Å². The van der Waals surface area contributed by atoms with Crippen LogP contribution in [-0.4, -0.2) is 74.8 Å². The molecule has 0 aromatic heterocycles. The van der Waals surface area contributed by atoms with Crippen molar-refractivity contribution >= 4 is 59.4 Å². The van der Waals surface area contributed by atoms with Gasteiger partial charge in [0.25, 0.3) is 0 Å². The first-order valence-corrected chi connectivity index (χ1v) is 16.9. The highest BCUT2D eigenvalue weighted by Gasteiger charge is 2.30. The second-order valence-electron chi connectivity index (χ2n) is 11.7. The van der Waals surface area contributed by atoms with E-state index in [0.29, 0.717) is 30.2 Å². The lowest BCUT2D eigenvalue weighted by Gasteiger charge is -2.27. The lowest BCUT2D eigenvalue weighted by atomic mass is 9.87. The monoisotopic (exact) mass is 660 g/mol. The van der Waals surface area contributed by atoms with Crippen LogP contribution in [0.4, 0.5) is 0 Å². The Hall–Kier alpha value is -2.12. The van der Waals surface area contributed by atoms with Crippen LogP contribution in [0.5, 0.6) is 5.75 Å². The standard InChI is InChI=1S/C26H39ClN3O6P.C4H9N.H3P/c1-7-28-23(33)13-11-20(22(32)16-31)30-25(35)21(15-26(2,3)4)29-24(34)12-9-17-8-10-18(14-19(17)27)36-37(5)6;1-5-4-2-3-4;/h8,10,14,16,20-21H,7,9,11-13,15H2,1-6H3,(H,28,33)(H,29,34)(H,30,35);4-5H,2-3H2,1H3;1H3. The largest absolute Gasteiger partial charge is 0.475 e. The molecule has 3 amide bonds. The van der Waals surface area contributed by atoms with Crippen molar-refractivity contribution in [1.82, 2.24) is 21.3 Å². The smallest absolute Gasteiger partial charge is 0.243 e. The van der Waals surface area contributed by atoms with Gasteiger partial charge in [-0.3, -0.25) is 24.0 Å². The van der Waals surface area contributed by atoms with E-state index in [1.54, 1.807) is 13.0 Å². The summed E-state index contributed by atoms with van der Waals surface area (Å²) in [5.41, 5.74) is 0.455. The summed E-state index contributed by atoms with van der Waals surface area (Å²) < 4.78 is 5.69. The second-order valence-corrected chi connectivity index (χ2v) is 13.9. The van der Waals surface area contributed by atoms with Gasteiger partial charge in [0.1, 0.15) is 11.8 Å². The van der Waals surface area contributed by atoms with E-state index in [9.17, 15) is 24.0 Å². The Morgan fingerprint density at radius 1 is 1.07 bits per heavy atom. The fourth-order valence-corrected chi connectivity index (χ4v) is 4.71. The maximum atomic E-state index is 13.1. The quantitative estimate of drug-likeness (QED) is 0.120. The van der Waals surface area contributed by atoms with Gasteiger partial charge in [0.15, 0.2) is 6.29 Å². The molecule has 43 heavy (non-hydrogen) atoms. The Morgan fingerprint density at radius 3 is 2.19 bits per heavy atom. The number of carbonyl (C=O) groups excluding carboxylic acids is 5. The van der Waals surface area contributed by atoms with E-state index >= 15 is 0 Å². The number of ketones is 1. The molecule has 4 N–H and O–H groups in total. The molecule has 244 valence electrons. The average Bonchev–Trinajstić information content (AvgIpc) is 3.74. The summed E-state index contributed by atoms with van der Waals surface area (Å²) >= 11 is 6.35. The number of Topliss-reactive ketones (excluding diaryl/α,β-unsaturated/α-hetero) is 1.